The highest BCUT2D eigenvalue weighted by molar-refractivity contribution is 8.26. The van der Waals surface area contributed by atoms with Crippen LogP contribution in [0.2, 0.25) is 10.0 Å². The lowest BCUT2D eigenvalue weighted by Gasteiger charge is -2.16. The van der Waals surface area contributed by atoms with Gasteiger partial charge in [-0.05, 0) is 85.7 Å². The zero-order valence-electron chi connectivity index (χ0n) is 21.3. The molecular weight excluding hydrogens is 593 g/mol. The molecule has 206 valence electrons. The molecule has 1 aliphatic rings. The van der Waals surface area contributed by atoms with Crippen LogP contribution >= 0.6 is 47.2 Å². The predicted octanol–water partition coefficient (Wildman–Crippen LogP) is 6.26. The van der Waals surface area contributed by atoms with Crippen molar-refractivity contribution in [2.45, 2.75) is 13.8 Å². The normalized spacial score (nSPS) is 13.9. The second-order valence-corrected chi connectivity index (χ2v) is 10.9. The van der Waals surface area contributed by atoms with Gasteiger partial charge in [-0.15, -0.1) is 0 Å². The number of hydrazine groups is 1. The topological polar surface area (TPSA) is 97.0 Å². The largest absolute Gasteiger partial charge is 0.490 e. The highest BCUT2D eigenvalue weighted by atomic mass is 35.5. The zero-order chi connectivity index (χ0) is 28.8. The molecule has 1 fully saturated rings. The van der Waals surface area contributed by atoms with E-state index in [1.807, 2.05) is 13.8 Å². The standard InChI is InChI=1S/C28H23Cl2N3O5S2/c1-3-37-23-12-17(8-10-22(23)38-15-25(34)31-19-6-4-5-18(29)14-19)13-24-27(36)33(28(39)40-24)32-26(35)20-9-7-16(2)11-21(20)30/h4-14H,3,15H2,1-2H3,(H,31,34)(H,32,35)/b24-13+. The summed E-state index contributed by atoms with van der Waals surface area (Å²) >= 11 is 18.5. The molecule has 0 spiro atoms. The van der Waals surface area contributed by atoms with Crippen LogP contribution in [0.15, 0.2) is 65.6 Å². The fourth-order valence-electron chi connectivity index (χ4n) is 3.59. The number of hydrogen-bond donors (Lipinski definition) is 2. The van der Waals surface area contributed by atoms with Crippen molar-refractivity contribution < 1.29 is 23.9 Å². The van der Waals surface area contributed by atoms with Crippen LogP contribution in [0, 0.1) is 6.92 Å². The quantitative estimate of drug-likeness (QED) is 0.216. The zero-order valence-corrected chi connectivity index (χ0v) is 24.5. The molecule has 4 rings (SSSR count). The summed E-state index contributed by atoms with van der Waals surface area (Å²) in [5, 5.41) is 4.50. The molecule has 0 bridgehead atoms. The van der Waals surface area contributed by atoms with E-state index < -0.39 is 11.8 Å². The van der Waals surface area contributed by atoms with Crippen LogP contribution in [0.25, 0.3) is 6.08 Å². The Balaban J connectivity index is 1.44. The molecule has 1 heterocycles. The van der Waals surface area contributed by atoms with Gasteiger partial charge in [0.25, 0.3) is 17.7 Å². The van der Waals surface area contributed by atoms with Gasteiger partial charge in [0, 0.05) is 10.7 Å². The summed E-state index contributed by atoms with van der Waals surface area (Å²) in [6, 6.07) is 16.8. The number of carbonyl (C=O) groups excluding carboxylic acids is 3. The molecule has 0 aliphatic carbocycles. The van der Waals surface area contributed by atoms with Gasteiger partial charge < -0.3 is 14.8 Å². The number of nitrogens with one attached hydrogen (secondary N) is 2. The second-order valence-electron chi connectivity index (χ2n) is 8.43. The molecule has 2 N–H and O–H groups in total. The Kier molecular flexibility index (Phi) is 9.70. The first-order chi connectivity index (χ1) is 19.1. The van der Waals surface area contributed by atoms with Crippen LogP contribution in [0.5, 0.6) is 11.5 Å². The molecule has 40 heavy (non-hydrogen) atoms. The van der Waals surface area contributed by atoms with Gasteiger partial charge in [0.05, 0.1) is 22.1 Å². The molecular formula is C28H23Cl2N3O5S2. The van der Waals surface area contributed by atoms with Crippen LogP contribution in [-0.4, -0.2) is 40.3 Å². The molecule has 0 radical (unpaired) electrons. The van der Waals surface area contributed by atoms with Gasteiger partial charge in [0.15, 0.2) is 22.4 Å². The number of aryl methyl sites for hydroxylation is 1. The Morgan fingerprint density at radius 2 is 1.85 bits per heavy atom. The highest BCUT2D eigenvalue weighted by Crippen LogP contribution is 2.34. The minimum Gasteiger partial charge on any atom is -0.490 e. The number of thioether (sulfide) groups is 1. The predicted molar refractivity (Wildman–Crippen MR) is 162 cm³/mol. The van der Waals surface area contributed by atoms with E-state index in [-0.39, 0.29) is 27.4 Å². The number of amides is 3. The van der Waals surface area contributed by atoms with E-state index >= 15 is 0 Å². The van der Waals surface area contributed by atoms with E-state index in [0.717, 1.165) is 22.3 Å². The summed E-state index contributed by atoms with van der Waals surface area (Å²) in [5.74, 6) is -0.657. The first-order valence-electron chi connectivity index (χ1n) is 11.9. The molecule has 12 heteroatoms. The first-order valence-corrected chi connectivity index (χ1v) is 13.9. The Morgan fingerprint density at radius 3 is 2.58 bits per heavy atom. The van der Waals surface area contributed by atoms with Gasteiger partial charge >= 0.3 is 0 Å². The molecule has 3 aromatic carbocycles. The average molecular weight is 617 g/mol. The van der Waals surface area contributed by atoms with Crippen molar-refractivity contribution in [2.24, 2.45) is 0 Å². The van der Waals surface area contributed by atoms with Gasteiger partial charge in [-0.25, -0.2) is 0 Å². The second kappa shape index (κ2) is 13.2. The van der Waals surface area contributed by atoms with Crippen molar-refractivity contribution >= 4 is 81.0 Å². The molecule has 1 aliphatic heterocycles. The fraction of sp³-hybridized carbons (Fsp3) is 0.143. The van der Waals surface area contributed by atoms with Crippen LogP contribution < -0.4 is 20.2 Å². The number of anilines is 1. The number of hydrogen-bond acceptors (Lipinski definition) is 7. The number of nitrogens with zero attached hydrogens (tertiary/aromatic N) is 1. The van der Waals surface area contributed by atoms with Gasteiger partial charge in [-0.3, -0.25) is 19.8 Å². The van der Waals surface area contributed by atoms with E-state index in [2.05, 4.69) is 10.7 Å². The Labute approximate surface area is 250 Å². The van der Waals surface area contributed by atoms with Crippen molar-refractivity contribution in [2.75, 3.05) is 18.5 Å². The van der Waals surface area contributed by atoms with E-state index in [9.17, 15) is 14.4 Å². The van der Waals surface area contributed by atoms with Crippen molar-refractivity contribution in [1.82, 2.24) is 10.4 Å². The Bertz CT molecular complexity index is 1530. The third-order valence-corrected chi connectivity index (χ3v) is 7.26. The van der Waals surface area contributed by atoms with E-state index in [1.54, 1.807) is 66.7 Å². The Hall–Kier alpha value is -3.57. The van der Waals surface area contributed by atoms with Crippen molar-refractivity contribution in [1.29, 1.82) is 0 Å². The molecule has 0 atom stereocenters. The maximum atomic E-state index is 13.0. The summed E-state index contributed by atoms with van der Waals surface area (Å²) in [5.41, 5.74) is 4.84. The molecule has 1 saturated heterocycles. The van der Waals surface area contributed by atoms with Crippen LogP contribution in [-0.2, 0) is 9.59 Å². The van der Waals surface area contributed by atoms with Crippen molar-refractivity contribution in [3.8, 4) is 11.5 Å². The first kappa shape index (κ1) is 29.4. The molecule has 3 amide bonds. The number of carbonyl (C=O) groups is 3. The van der Waals surface area contributed by atoms with Crippen molar-refractivity contribution in [3.05, 3.63) is 92.3 Å². The number of halogens is 2. The minimum absolute atomic E-state index is 0.170. The lowest BCUT2D eigenvalue weighted by Crippen LogP contribution is -2.44. The molecule has 3 aromatic rings. The van der Waals surface area contributed by atoms with Crippen molar-refractivity contribution in [3.63, 3.8) is 0 Å². The summed E-state index contributed by atoms with van der Waals surface area (Å²) in [4.78, 5) is 38.4. The van der Waals surface area contributed by atoms with Gasteiger partial charge in [-0.2, -0.15) is 5.01 Å². The summed E-state index contributed by atoms with van der Waals surface area (Å²) < 4.78 is 11.6. The van der Waals surface area contributed by atoms with Crippen LogP contribution in [0.4, 0.5) is 5.69 Å². The lowest BCUT2D eigenvalue weighted by atomic mass is 10.1. The van der Waals surface area contributed by atoms with Crippen LogP contribution in [0.3, 0.4) is 0 Å². The number of rotatable bonds is 9. The number of ether oxygens (including phenoxy) is 2. The molecule has 0 unspecified atom stereocenters. The van der Waals surface area contributed by atoms with E-state index in [4.69, 9.17) is 44.9 Å². The van der Waals surface area contributed by atoms with Gasteiger partial charge in [0.2, 0.25) is 0 Å². The van der Waals surface area contributed by atoms with E-state index in [1.165, 1.54) is 0 Å². The van der Waals surface area contributed by atoms with Gasteiger partial charge in [-0.1, -0.05) is 53.2 Å². The third-order valence-electron chi connectivity index (χ3n) is 5.41. The maximum absolute atomic E-state index is 13.0. The summed E-state index contributed by atoms with van der Waals surface area (Å²) in [6.07, 6.45) is 1.63. The van der Waals surface area contributed by atoms with Crippen LogP contribution in [0.1, 0.15) is 28.4 Å². The summed E-state index contributed by atoms with van der Waals surface area (Å²) in [7, 11) is 0. The maximum Gasteiger partial charge on any atom is 0.285 e. The number of thiocarbonyl (C=S) groups is 1. The molecule has 8 nitrogen and oxygen atoms in total. The minimum atomic E-state index is -0.554. The van der Waals surface area contributed by atoms with Gasteiger partial charge in [0.1, 0.15) is 0 Å². The van der Waals surface area contributed by atoms with E-state index in [0.29, 0.717) is 39.3 Å². The third kappa shape index (κ3) is 7.33. The molecule has 0 aromatic heterocycles. The fourth-order valence-corrected chi connectivity index (χ4v) is 5.28. The monoisotopic (exact) mass is 615 g/mol. The highest BCUT2D eigenvalue weighted by Gasteiger charge is 2.34. The average Bonchev–Trinajstić information content (AvgIpc) is 3.15. The Morgan fingerprint density at radius 1 is 1.05 bits per heavy atom. The smallest absolute Gasteiger partial charge is 0.285 e. The lowest BCUT2D eigenvalue weighted by molar-refractivity contribution is -0.123. The SMILES string of the molecule is CCOc1cc(/C=C2/SC(=S)N(NC(=O)c3ccc(C)cc3Cl)C2=O)ccc1OCC(=O)Nc1cccc(Cl)c1. The summed E-state index contributed by atoms with van der Waals surface area (Å²) in [6.45, 7) is 3.77. The number of benzene rings is 3. The molecule has 0 saturated carbocycles.